The first-order chi connectivity index (χ1) is 9.82. The zero-order valence-corrected chi connectivity index (χ0v) is 14.1. The van der Waals surface area contributed by atoms with Crippen LogP contribution in [0, 0.1) is 5.41 Å². The number of hydrogen-bond donors (Lipinski definition) is 3. The van der Waals surface area contributed by atoms with Crippen LogP contribution in [0.15, 0.2) is 0 Å². The topological polar surface area (TPSA) is 64.6 Å². The SMILES string of the molecule is CCCN1CCC(NC(=O)NCC(C)(C)CC(C)O)CC1. The molecule has 1 heterocycles. The van der Waals surface area contributed by atoms with Crippen molar-refractivity contribution in [1.29, 1.82) is 0 Å². The summed E-state index contributed by atoms with van der Waals surface area (Å²) >= 11 is 0. The van der Waals surface area contributed by atoms with Crippen LogP contribution in [0.3, 0.4) is 0 Å². The van der Waals surface area contributed by atoms with Gasteiger partial charge >= 0.3 is 6.03 Å². The van der Waals surface area contributed by atoms with Gasteiger partial charge in [0.2, 0.25) is 0 Å². The van der Waals surface area contributed by atoms with Gasteiger partial charge in [0.1, 0.15) is 0 Å². The maximum absolute atomic E-state index is 12.0. The second kappa shape index (κ2) is 8.59. The minimum atomic E-state index is -0.340. The number of aliphatic hydroxyl groups is 1. The Bertz CT molecular complexity index is 311. The number of urea groups is 1. The standard InChI is InChI=1S/C16H33N3O2/c1-5-8-19-9-6-14(7-10-19)18-15(21)17-12-16(3,4)11-13(2)20/h13-14,20H,5-12H2,1-4H3,(H2,17,18,21). The lowest BCUT2D eigenvalue weighted by Crippen LogP contribution is -2.49. The monoisotopic (exact) mass is 299 g/mol. The molecule has 0 spiro atoms. The van der Waals surface area contributed by atoms with Crippen molar-refractivity contribution < 1.29 is 9.90 Å². The van der Waals surface area contributed by atoms with Crippen molar-refractivity contribution in [3.63, 3.8) is 0 Å². The van der Waals surface area contributed by atoms with Crippen LogP contribution in [-0.4, -0.2) is 54.4 Å². The van der Waals surface area contributed by atoms with Crippen LogP contribution in [0.25, 0.3) is 0 Å². The molecule has 5 nitrogen and oxygen atoms in total. The number of carbonyl (C=O) groups excluding carboxylic acids is 1. The van der Waals surface area contributed by atoms with Crippen molar-refractivity contribution in [3.8, 4) is 0 Å². The zero-order chi connectivity index (χ0) is 15.9. The Labute approximate surface area is 129 Å². The highest BCUT2D eigenvalue weighted by Gasteiger charge is 2.23. The van der Waals surface area contributed by atoms with E-state index in [0.717, 1.165) is 32.5 Å². The highest BCUT2D eigenvalue weighted by Crippen LogP contribution is 2.21. The van der Waals surface area contributed by atoms with Gasteiger partial charge in [0.15, 0.2) is 0 Å². The van der Waals surface area contributed by atoms with Crippen molar-refractivity contribution in [1.82, 2.24) is 15.5 Å². The van der Waals surface area contributed by atoms with Gasteiger partial charge < -0.3 is 20.6 Å². The molecule has 1 unspecified atom stereocenters. The Balaban J connectivity index is 2.22. The summed E-state index contributed by atoms with van der Waals surface area (Å²) in [5, 5.41) is 15.5. The molecule has 3 N–H and O–H groups in total. The molecule has 1 rings (SSSR count). The second-order valence-electron chi connectivity index (χ2n) is 7.16. The second-order valence-corrected chi connectivity index (χ2v) is 7.16. The summed E-state index contributed by atoms with van der Waals surface area (Å²) in [6, 6.07) is 0.209. The number of hydrogen-bond acceptors (Lipinski definition) is 3. The van der Waals surface area contributed by atoms with Gasteiger partial charge in [0, 0.05) is 25.7 Å². The largest absolute Gasteiger partial charge is 0.393 e. The van der Waals surface area contributed by atoms with E-state index in [1.165, 1.54) is 6.42 Å². The molecular formula is C16H33N3O2. The van der Waals surface area contributed by atoms with Crippen LogP contribution in [0.4, 0.5) is 4.79 Å². The molecule has 2 amide bonds. The number of likely N-dealkylation sites (tertiary alicyclic amines) is 1. The third kappa shape index (κ3) is 7.67. The van der Waals surface area contributed by atoms with Gasteiger partial charge in [-0.2, -0.15) is 0 Å². The first kappa shape index (κ1) is 18.2. The number of rotatable bonds is 7. The Morgan fingerprint density at radius 2 is 2.00 bits per heavy atom. The van der Waals surface area contributed by atoms with Crippen molar-refractivity contribution in [2.75, 3.05) is 26.2 Å². The highest BCUT2D eigenvalue weighted by molar-refractivity contribution is 5.74. The predicted octanol–water partition coefficient (Wildman–Crippen LogP) is 1.96. The van der Waals surface area contributed by atoms with Gasteiger partial charge in [-0.25, -0.2) is 4.79 Å². The molecule has 1 atom stereocenters. The molecule has 0 radical (unpaired) electrons. The molecular weight excluding hydrogens is 266 g/mol. The lowest BCUT2D eigenvalue weighted by atomic mass is 9.87. The van der Waals surface area contributed by atoms with E-state index in [1.54, 1.807) is 6.92 Å². The Kier molecular flexibility index (Phi) is 7.46. The first-order valence-electron chi connectivity index (χ1n) is 8.27. The van der Waals surface area contributed by atoms with E-state index in [0.29, 0.717) is 13.0 Å². The van der Waals surface area contributed by atoms with Crippen LogP contribution in [0.5, 0.6) is 0 Å². The number of nitrogens with zero attached hydrogens (tertiary/aromatic N) is 1. The smallest absolute Gasteiger partial charge is 0.315 e. The van der Waals surface area contributed by atoms with Gasteiger partial charge in [-0.3, -0.25) is 0 Å². The summed E-state index contributed by atoms with van der Waals surface area (Å²) in [5.74, 6) is 0. The summed E-state index contributed by atoms with van der Waals surface area (Å²) < 4.78 is 0. The maximum atomic E-state index is 12.0. The molecule has 5 heteroatoms. The molecule has 0 aromatic carbocycles. The molecule has 0 aromatic heterocycles. The molecule has 124 valence electrons. The van der Waals surface area contributed by atoms with Gasteiger partial charge in [0.25, 0.3) is 0 Å². The van der Waals surface area contributed by atoms with E-state index in [1.807, 2.05) is 0 Å². The van der Waals surface area contributed by atoms with Gasteiger partial charge in [-0.15, -0.1) is 0 Å². The van der Waals surface area contributed by atoms with E-state index < -0.39 is 0 Å². The fourth-order valence-electron chi connectivity index (χ4n) is 3.04. The third-order valence-corrected chi connectivity index (χ3v) is 4.04. The molecule has 0 aliphatic carbocycles. The summed E-state index contributed by atoms with van der Waals surface area (Å²) in [7, 11) is 0. The van der Waals surface area contributed by atoms with Crippen molar-refractivity contribution in [3.05, 3.63) is 0 Å². The fourth-order valence-corrected chi connectivity index (χ4v) is 3.04. The van der Waals surface area contributed by atoms with Gasteiger partial charge in [-0.05, 0) is 44.6 Å². The average Bonchev–Trinajstić information content (AvgIpc) is 2.38. The van der Waals surface area contributed by atoms with E-state index in [2.05, 4.69) is 36.3 Å². The summed E-state index contributed by atoms with van der Waals surface area (Å²) in [6.45, 7) is 12.0. The number of piperidine rings is 1. The zero-order valence-electron chi connectivity index (χ0n) is 14.1. The van der Waals surface area contributed by atoms with Crippen molar-refractivity contribution in [2.24, 2.45) is 5.41 Å². The van der Waals surface area contributed by atoms with E-state index in [-0.39, 0.29) is 23.6 Å². The number of carbonyl (C=O) groups is 1. The van der Waals surface area contributed by atoms with Crippen molar-refractivity contribution >= 4 is 6.03 Å². The van der Waals surface area contributed by atoms with Crippen LogP contribution < -0.4 is 10.6 Å². The summed E-state index contributed by atoms with van der Waals surface area (Å²) in [6.07, 6.45) is 3.60. The Hall–Kier alpha value is -0.810. The van der Waals surface area contributed by atoms with E-state index in [9.17, 15) is 9.90 Å². The Morgan fingerprint density at radius 3 is 2.52 bits per heavy atom. The van der Waals surface area contributed by atoms with Crippen LogP contribution in [0.2, 0.25) is 0 Å². The lowest BCUT2D eigenvalue weighted by molar-refractivity contribution is 0.128. The van der Waals surface area contributed by atoms with Gasteiger partial charge in [-0.1, -0.05) is 20.8 Å². The number of amides is 2. The quantitative estimate of drug-likeness (QED) is 0.673. The fraction of sp³-hybridized carbons (Fsp3) is 0.938. The molecule has 1 fully saturated rings. The summed E-state index contributed by atoms with van der Waals surface area (Å²) in [5.41, 5.74) is -0.0873. The molecule has 1 aliphatic heterocycles. The van der Waals surface area contributed by atoms with Gasteiger partial charge in [0.05, 0.1) is 6.10 Å². The van der Waals surface area contributed by atoms with E-state index in [4.69, 9.17) is 0 Å². The number of nitrogens with one attached hydrogen (secondary N) is 2. The van der Waals surface area contributed by atoms with Crippen LogP contribution >= 0.6 is 0 Å². The van der Waals surface area contributed by atoms with Crippen molar-refractivity contribution in [2.45, 2.75) is 65.5 Å². The molecule has 1 aliphatic rings. The number of aliphatic hydroxyl groups excluding tert-OH is 1. The molecule has 0 saturated carbocycles. The maximum Gasteiger partial charge on any atom is 0.315 e. The minimum Gasteiger partial charge on any atom is -0.393 e. The molecule has 1 saturated heterocycles. The average molecular weight is 299 g/mol. The lowest BCUT2D eigenvalue weighted by Gasteiger charge is -2.32. The minimum absolute atomic E-state index is 0.0809. The molecule has 0 aromatic rings. The first-order valence-corrected chi connectivity index (χ1v) is 8.27. The van der Waals surface area contributed by atoms with E-state index >= 15 is 0 Å². The highest BCUT2D eigenvalue weighted by atomic mass is 16.3. The Morgan fingerprint density at radius 1 is 1.38 bits per heavy atom. The third-order valence-electron chi connectivity index (χ3n) is 4.04. The van der Waals surface area contributed by atoms with Crippen LogP contribution in [0.1, 0.15) is 53.4 Å². The molecule has 21 heavy (non-hydrogen) atoms. The predicted molar refractivity (Wildman–Crippen MR) is 86.4 cm³/mol. The summed E-state index contributed by atoms with van der Waals surface area (Å²) in [4.78, 5) is 14.4. The molecule has 0 bridgehead atoms. The normalized spacial score (nSPS) is 19.3. The van der Waals surface area contributed by atoms with Crippen LogP contribution in [-0.2, 0) is 0 Å².